The number of methoxy groups -OCH3 is 1. The summed E-state index contributed by atoms with van der Waals surface area (Å²) in [4.78, 5) is 12.0. The van der Waals surface area contributed by atoms with Crippen molar-refractivity contribution in [3.8, 4) is 5.75 Å². The molecule has 1 atom stereocenters. The summed E-state index contributed by atoms with van der Waals surface area (Å²) < 4.78 is 10.5. The van der Waals surface area contributed by atoms with E-state index in [0.29, 0.717) is 36.1 Å². The van der Waals surface area contributed by atoms with Crippen LogP contribution in [0, 0.1) is 0 Å². The molecule has 0 radical (unpaired) electrons. The van der Waals surface area contributed by atoms with Gasteiger partial charge in [0.05, 0.1) is 31.0 Å². The Balaban J connectivity index is 1.96. The molecule has 6 heteroatoms. The van der Waals surface area contributed by atoms with E-state index in [1.54, 1.807) is 18.2 Å². The van der Waals surface area contributed by atoms with Crippen molar-refractivity contribution in [2.75, 3.05) is 32.2 Å². The largest absolute Gasteiger partial charge is 0.493 e. The smallest absolute Gasteiger partial charge is 0.226 e. The molecule has 1 amide bonds. The van der Waals surface area contributed by atoms with E-state index in [-0.39, 0.29) is 11.9 Å². The third-order valence-corrected chi connectivity index (χ3v) is 3.17. The minimum atomic E-state index is -0.0939. The second-order valence-corrected chi connectivity index (χ2v) is 4.71. The third-order valence-electron chi connectivity index (χ3n) is 2.88. The highest BCUT2D eigenvalue weighted by Crippen LogP contribution is 2.32. The number of benzene rings is 1. The first-order valence-electron chi connectivity index (χ1n) is 6.14. The second-order valence-electron chi connectivity index (χ2n) is 4.30. The topological polar surface area (TPSA) is 59.6 Å². The highest BCUT2D eigenvalue weighted by atomic mass is 35.5. The lowest BCUT2D eigenvalue weighted by Gasteiger charge is -2.23. The van der Waals surface area contributed by atoms with Crippen molar-refractivity contribution < 1.29 is 14.3 Å². The average Bonchev–Trinajstić information content (AvgIpc) is 2.40. The number of ether oxygens (including phenoxy) is 2. The molecule has 1 heterocycles. The molecule has 1 aliphatic rings. The van der Waals surface area contributed by atoms with Crippen LogP contribution in [-0.2, 0) is 9.53 Å². The molecule has 19 heavy (non-hydrogen) atoms. The van der Waals surface area contributed by atoms with E-state index in [2.05, 4.69) is 10.6 Å². The number of carbonyl (C=O) groups is 1. The summed E-state index contributed by atoms with van der Waals surface area (Å²) in [7, 11) is 1.52. The number of halogens is 1. The van der Waals surface area contributed by atoms with Gasteiger partial charge in [-0.15, -0.1) is 0 Å². The number of amides is 1. The molecule has 1 fully saturated rings. The Bertz CT molecular complexity index is 448. The number of nitrogens with one attached hydrogen (secondary N) is 2. The molecule has 1 aromatic carbocycles. The molecule has 0 aromatic heterocycles. The van der Waals surface area contributed by atoms with Gasteiger partial charge in [-0.05, 0) is 12.1 Å². The van der Waals surface area contributed by atoms with E-state index in [0.717, 1.165) is 6.54 Å². The monoisotopic (exact) mass is 284 g/mol. The van der Waals surface area contributed by atoms with Crippen molar-refractivity contribution >= 4 is 23.2 Å². The van der Waals surface area contributed by atoms with E-state index in [4.69, 9.17) is 21.1 Å². The molecule has 5 nitrogen and oxygen atoms in total. The SMILES string of the molecule is COc1c(Cl)cccc1NC(=O)CC1COCCN1. The summed E-state index contributed by atoms with van der Waals surface area (Å²) >= 11 is 6.00. The van der Waals surface area contributed by atoms with Crippen LogP contribution in [0.5, 0.6) is 5.75 Å². The minimum absolute atomic E-state index is 0.0546. The summed E-state index contributed by atoms with van der Waals surface area (Å²) in [5.74, 6) is 0.383. The molecule has 104 valence electrons. The number of hydrogen-bond donors (Lipinski definition) is 2. The lowest BCUT2D eigenvalue weighted by Crippen LogP contribution is -2.43. The zero-order valence-corrected chi connectivity index (χ0v) is 11.5. The van der Waals surface area contributed by atoms with Crippen molar-refractivity contribution in [2.24, 2.45) is 0 Å². The number of morpholine rings is 1. The van der Waals surface area contributed by atoms with Crippen LogP contribution in [0.1, 0.15) is 6.42 Å². The number of anilines is 1. The van der Waals surface area contributed by atoms with Gasteiger partial charge in [-0.3, -0.25) is 4.79 Å². The van der Waals surface area contributed by atoms with E-state index in [1.807, 2.05) is 0 Å². The van der Waals surface area contributed by atoms with E-state index >= 15 is 0 Å². The first-order chi connectivity index (χ1) is 9.20. The molecule has 1 aliphatic heterocycles. The lowest BCUT2D eigenvalue weighted by atomic mass is 10.2. The number of carbonyl (C=O) groups excluding carboxylic acids is 1. The Kier molecular flexibility index (Phi) is 5.01. The fraction of sp³-hybridized carbons (Fsp3) is 0.462. The number of rotatable bonds is 4. The van der Waals surface area contributed by atoms with Crippen molar-refractivity contribution in [3.05, 3.63) is 23.2 Å². The van der Waals surface area contributed by atoms with Gasteiger partial charge in [0.2, 0.25) is 5.91 Å². The maximum Gasteiger partial charge on any atom is 0.226 e. The van der Waals surface area contributed by atoms with Gasteiger partial charge in [0.25, 0.3) is 0 Å². The van der Waals surface area contributed by atoms with Crippen LogP contribution in [-0.4, -0.2) is 38.8 Å². The predicted octanol–water partition coefficient (Wildman–Crippen LogP) is 1.67. The summed E-state index contributed by atoms with van der Waals surface area (Å²) in [5.41, 5.74) is 0.580. The van der Waals surface area contributed by atoms with Crippen LogP contribution in [0.4, 0.5) is 5.69 Å². The lowest BCUT2D eigenvalue weighted by molar-refractivity contribution is -0.117. The Hall–Kier alpha value is -1.30. The Morgan fingerprint density at radius 3 is 3.16 bits per heavy atom. The van der Waals surface area contributed by atoms with Crippen LogP contribution in [0.2, 0.25) is 5.02 Å². The molecule has 1 saturated heterocycles. The van der Waals surface area contributed by atoms with Gasteiger partial charge in [0, 0.05) is 19.0 Å². The summed E-state index contributed by atoms with van der Waals surface area (Å²) in [5, 5.41) is 6.51. The van der Waals surface area contributed by atoms with Crippen LogP contribution < -0.4 is 15.4 Å². The maximum atomic E-state index is 12.0. The summed E-state index contributed by atoms with van der Waals surface area (Å²) in [6.07, 6.45) is 0.357. The van der Waals surface area contributed by atoms with E-state index in [9.17, 15) is 4.79 Å². The highest BCUT2D eigenvalue weighted by molar-refractivity contribution is 6.32. The fourth-order valence-electron chi connectivity index (χ4n) is 1.99. The van der Waals surface area contributed by atoms with Crippen molar-refractivity contribution in [1.82, 2.24) is 5.32 Å². The van der Waals surface area contributed by atoms with Gasteiger partial charge in [-0.1, -0.05) is 17.7 Å². The summed E-state index contributed by atoms with van der Waals surface area (Å²) in [6, 6.07) is 5.29. The summed E-state index contributed by atoms with van der Waals surface area (Å²) in [6.45, 7) is 2.03. The standard InChI is InChI=1S/C13H17ClN2O3/c1-18-13-10(14)3-2-4-11(13)16-12(17)7-9-8-19-6-5-15-9/h2-4,9,15H,5-8H2,1H3,(H,16,17). The first-order valence-corrected chi connectivity index (χ1v) is 6.52. The van der Waals surface area contributed by atoms with Gasteiger partial charge >= 0.3 is 0 Å². The molecule has 0 aliphatic carbocycles. The van der Waals surface area contributed by atoms with E-state index < -0.39 is 0 Å². The molecule has 1 aromatic rings. The van der Waals surface area contributed by atoms with Gasteiger partial charge < -0.3 is 20.1 Å². The maximum absolute atomic E-state index is 12.0. The predicted molar refractivity (Wildman–Crippen MR) is 73.9 cm³/mol. The van der Waals surface area contributed by atoms with Gasteiger partial charge in [0.15, 0.2) is 5.75 Å². The first kappa shape index (κ1) is 14.1. The van der Waals surface area contributed by atoms with Crippen LogP contribution in [0.25, 0.3) is 0 Å². The fourth-order valence-corrected chi connectivity index (χ4v) is 2.24. The molecular formula is C13H17ClN2O3. The Morgan fingerprint density at radius 2 is 2.47 bits per heavy atom. The average molecular weight is 285 g/mol. The Labute approximate surface area is 117 Å². The highest BCUT2D eigenvalue weighted by Gasteiger charge is 2.18. The van der Waals surface area contributed by atoms with Crippen LogP contribution in [0.15, 0.2) is 18.2 Å². The normalized spacial score (nSPS) is 18.9. The van der Waals surface area contributed by atoms with Gasteiger partial charge in [-0.25, -0.2) is 0 Å². The zero-order valence-electron chi connectivity index (χ0n) is 10.7. The molecular weight excluding hydrogens is 268 g/mol. The van der Waals surface area contributed by atoms with Crippen molar-refractivity contribution in [2.45, 2.75) is 12.5 Å². The minimum Gasteiger partial charge on any atom is -0.493 e. The van der Waals surface area contributed by atoms with Crippen molar-refractivity contribution in [1.29, 1.82) is 0 Å². The quantitative estimate of drug-likeness (QED) is 0.883. The second kappa shape index (κ2) is 6.75. The molecule has 0 bridgehead atoms. The zero-order chi connectivity index (χ0) is 13.7. The molecule has 1 unspecified atom stereocenters. The van der Waals surface area contributed by atoms with Crippen LogP contribution in [0.3, 0.4) is 0 Å². The molecule has 2 N–H and O–H groups in total. The van der Waals surface area contributed by atoms with Gasteiger partial charge in [0.1, 0.15) is 0 Å². The number of para-hydroxylation sites is 1. The molecule has 2 rings (SSSR count). The van der Waals surface area contributed by atoms with Crippen LogP contribution >= 0.6 is 11.6 Å². The molecule has 0 saturated carbocycles. The molecule has 0 spiro atoms. The Morgan fingerprint density at radius 1 is 1.63 bits per heavy atom. The van der Waals surface area contributed by atoms with Gasteiger partial charge in [-0.2, -0.15) is 0 Å². The van der Waals surface area contributed by atoms with Crippen molar-refractivity contribution in [3.63, 3.8) is 0 Å². The van der Waals surface area contributed by atoms with E-state index in [1.165, 1.54) is 7.11 Å². The number of hydrogen-bond acceptors (Lipinski definition) is 4. The third kappa shape index (κ3) is 3.83.